The summed E-state index contributed by atoms with van der Waals surface area (Å²) in [5, 5.41) is 4.23. The number of benzene rings is 2. The molecule has 0 saturated heterocycles. The Hall–Kier alpha value is -2.69. The fourth-order valence-corrected chi connectivity index (χ4v) is 2.02. The van der Waals surface area contributed by atoms with Crippen molar-refractivity contribution in [2.24, 2.45) is 5.10 Å². The van der Waals surface area contributed by atoms with Gasteiger partial charge in [-0.3, -0.25) is 0 Å². The summed E-state index contributed by atoms with van der Waals surface area (Å²) >= 11 is 0. The zero-order chi connectivity index (χ0) is 15.8. The van der Waals surface area contributed by atoms with Crippen LogP contribution in [0.4, 0.5) is 0 Å². The van der Waals surface area contributed by atoms with E-state index in [-0.39, 0.29) is 0 Å². The molecule has 0 spiro atoms. The summed E-state index contributed by atoms with van der Waals surface area (Å²) in [6.45, 7) is 0.582. The Morgan fingerprint density at radius 1 is 0.955 bits per heavy atom. The monoisotopic (exact) mass is 300 g/mol. The molecule has 0 aliphatic carbocycles. The van der Waals surface area contributed by atoms with E-state index in [1.807, 2.05) is 42.5 Å². The molecule has 0 atom stereocenters. The van der Waals surface area contributed by atoms with Crippen molar-refractivity contribution in [2.45, 2.75) is 6.54 Å². The lowest BCUT2D eigenvalue weighted by Gasteiger charge is -2.08. The molecule has 22 heavy (non-hydrogen) atoms. The first-order chi connectivity index (χ1) is 10.8. The third kappa shape index (κ3) is 3.91. The van der Waals surface area contributed by atoms with E-state index in [1.165, 1.54) is 0 Å². The van der Waals surface area contributed by atoms with Crippen LogP contribution in [-0.2, 0) is 6.54 Å². The molecule has 5 heteroatoms. The highest BCUT2D eigenvalue weighted by Gasteiger charge is 2.03. The number of nitrogens with one attached hydrogen (secondary N) is 1. The molecule has 0 aliphatic rings. The van der Waals surface area contributed by atoms with Crippen LogP contribution in [0.5, 0.6) is 17.2 Å². The van der Waals surface area contributed by atoms with Crippen LogP contribution >= 0.6 is 0 Å². The average Bonchev–Trinajstić information content (AvgIpc) is 2.59. The minimum Gasteiger partial charge on any atom is -0.497 e. The maximum Gasteiger partial charge on any atom is 0.131 e. The lowest BCUT2D eigenvalue weighted by atomic mass is 10.2. The fraction of sp³-hybridized carbons (Fsp3) is 0.235. The van der Waals surface area contributed by atoms with Gasteiger partial charge in [0.05, 0.1) is 34.1 Å². The second-order valence-corrected chi connectivity index (χ2v) is 4.51. The van der Waals surface area contributed by atoms with Gasteiger partial charge in [-0.15, -0.1) is 0 Å². The number of ether oxygens (including phenoxy) is 3. The number of rotatable bonds is 7. The van der Waals surface area contributed by atoms with Crippen LogP contribution in [0, 0.1) is 0 Å². The van der Waals surface area contributed by atoms with Gasteiger partial charge >= 0.3 is 0 Å². The number of hydrogen-bond donors (Lipinski definition) is 1. The van der Waals surface area contributed by atoms with Gasteiger partial charge in [-0.05, 0) is 18.2 Å². The van der Waals surface area contributed by atoms with E-state index in [1.54, 1.807) is 27.5 Å². The molecule has 116 valence electrons. The standard InChI is InChI=1S/C17H20N2O3/c1-20-15-9-8-14(17(10-15)22-3)12-19-18-11-13-6-4-5-7-16(13)21-2/h4-10,12,18H,11H2,1-3H3/b19-12+. The minimum absolute atomic E-state index is 0.582. The summed E-state index contributed by atoms with van der Waals surface area (Å²) in [5.41, 5.74) is 4.92. The van der Waals surface area contributed by atoms with Crippen molar-refractivity contribution < 1.29 is 14.2 Å². The van der Waals surface area contributed by atoms with Gasteiger partial charge in [0.2, 0.25) is 0 Å². The molecule has 0 amide bonds. The third-order valence-electron chi connectivity index (χ3n) is 3.20. The van der Waals surface area contributed by atoms with Gasteiger partial charge < -0.3 is 19.6 Å². The summed E-state index contributed by atoms with van der Waals surface area (Å²) in [6.07, 6.45) is 1.72. The van der Waals surface area contributed by atoms with E-state index in [2.05, 4.69) is 10.5 Å². The number of methoxy groups -OCH3 is 3. The number of hydrogen-bond acceptors (Lipinski definition) is 5. The van der Waals surface area contributed by atoms with Crippen LogP contribution in [-0.4, -0.2) is 27.5 Å². The number of para-hydroxylation sites is 1. The summed E-state index contributed by atoms with van der Waals surface area (Å²) in [6, 6.07) is 13.4. The predicted molar refractivity (Wildman–Crippen MR) is 87.0 cm³/mol. The highest BCUT2D eigenvalue weighted by atomic mass is 16.5. The van der Waals surface area contributed by atoms with Crippen molar-refractivity contribution in [1.29, 1.82) is 0 Å². The molecular weight excluding hydrogens is 280 g/mol. The number of nitrogens with zero attached hydrogens (tertiary/aromatic N) is 1. The molecule has 2 aromatic carbocycles. The summed E-state index contributed by atoms with van der Waals surface area (Å²) < 4.78 is 15.8. The van der Waals surface area contributed by atoms with Crippen molar-refractivity contribution in [3.8, 4) is 17.2 Å². The van der Waals surface area contributed by atoms with Crippen LogP contribution in [0.25, 0.3) is 0 Å². The molecule has 0 radical (unpaired) electrons. The van der Waals surface area contributed by atoms with E-state index in [9.17, 15) is 0 Å². The van der Waals surface area contributed by atoms with E-state index in [0.717, 1.165) is 22.6 Å². The van der Waals surface area contributed by atoms with Crippen LogP contribution in [0.2, 0.25) is 0 Å². The van der Waals surface area contributed by atoms with E-state index >= 15 is 0 Å². The fourth-order valence-electron chi connectivity index (χ4n) is 2.02. The Morgan fingerprint density at radius 3 is 2.45 bits per heavy atom. The van der Waals surface area contributed by atoms with Crippen LogP contribution in [0.15, 0.2) is 47.6 Å². The van der Waals surface area contributed by atoms with Gasteiger partial charge in [0, 0.05) is 17.2 Å². The molecule has 2 rings (SSSR count). The lowest BCUT2D eigenvalue weighted by molar-refractivity contribution is 0.394. The molecule has 0 aromatic heterocycles. The van der Waals surface area contributed by atoms with Gasteiger partial charge in [-0.25, -0.2) is 0 Å². The highest BCUT2D eigenvalue weighted by Crippen LogP contribution is 2.23. The van der Waals surface area contributed by atoms with Crippen LogP contribution < -0.4 is 19.6 Å². The summed E-state index contributed by atoms with van der Waals surface area (Å²) in [7, 11) is 4.90. The Bertz CT molecular complexity index is 642. The Balaban J connectivity index is 2.01. The maximum absolute atomic E-state index is 5.32. The molecule has 0 fully saturated rings. The van der Waals surface area contributed by atoms with Crippen molar-refractivity contribution in [2.75, 3.05) is 21.3 Å². The largest absolute Gasteiger partial charge is 0.497 e. The second kappa shape index (κ2) is 7.93. The molecule has 1 N–H and O–H groups in total. The molecule has 2 aromatic rings. The first-order valence-electron chi connectivity index (χ1n) is 6.88. The number of hydrazone groups is 1. The van der Waals surface area contributed by atoms with Crippen molar-refractivity contribution in [3.05, 3.63) is 53.6 Å². The maximum atomic E-state index is 5.32. The topological polar surface area (TPSA) is 52.1 Å². The van der Waals surface area contributed by atoms with Crippen molar-refractivity contribution in [1.82, 2.24) is 5.43 Å². The second-order valence-electron chi connectivity index (χ2n) is 4.51. The van der Waals surface area contributed by atoms with Crippen molar-refractivity contribution in [3.63, 3.8) is 0 Å². The molecular formula is C17H20N2O3. The smallest absolute Gasteiger partial charge is 0.131 e. The van der Waals surface area contributed by atoms with Gasteiger partial charge in [0.1, 0.15) is 17.2 Å². The van der Waals surface area contributed by atoms with Gasteiger partial charge in [-0.2, -0.15) is 5.10 Å². The van der Waals surface area contributed by atoms with E-state index in [4.69, 9.17) is 14.2 Å². The molecule has 0 unspecified atom stereocenters. The molecule has 0 heterocycles. The van der Waals surface area contributed by atoms with Crippen LogP contribution in [0.1, 0.15) is 11.1 Å². The summed E-state index contributed by atoms with van der Waals surface area (Å²) in [5.74, 6) is 2.30. The Kier molecular flexibility index (Phi) is 5.65. The zero-order valence-corrected chi connectivity index (χ0v) is 13.0. The SMILES string of the molecule is COc1ccc(/C=N/NCc2ccccc2OC)c(OC)c1. The highest BCUT2D eigenvalue weighted by molar-refractivity contribution is 5.83. The Labute approximate surface area is 130 Å². The normalized spacial score (nSPS) is 10.5. The molecule has 0 aliphatic heterocycles. The predicted octanol–water partition coefficient (Wildman–Crippen LogP) is 2.84. The summed E-state index contributed by atoms with van der Waals surface area (Å²) in [4.78, 5) is 0. The van der Waals surface area contributed by atoms with Gasteiger partial charge in [0.25, 0.3) is 0 Å². The third-order valence-corrected chi connectivity index (χ3v) is 3.20. The quantitative estimate of drug-likeness (QED) is 0.631. The lowest BCUT2D eigenvalue weighted by Crippen LogP contribution is -2.07. The Morgan fingerprint density at radius 2 is 1.73 bits per heavy atom. The van der Waals surface area contributed by atoms with E-state index < -0.39 is 0 Å². The van der Waals surface area contributed by atoms with Crippen molar-refractivity contribution >= 4 is 6.21 Å². The van der Waals surface area contributed by atoms with E-state index in [0.29, 0.717) is 12.3 Å². The zero-order valence-electron chi connectivity index (χ0n) is 13.0. The van der Waals surface area contributed by atoms with Gasteiger partial charge in [0.15, 0.2) is 0 Å². The first-order valence-corrected chi connectivity index (χ1v) is 6.88. The van der Waals surface area contributed by atoms with Gasteiger partial charge in [-0.1, -0.05) is 18.2 Å². The average molecular weight is 300 g/mol. The molecule has 0 bridgehead atoms. The first kappa shape index (κ1) is 15.7. The van der Waals surface area contributed by atoms with Crippen LogP contribution in [0.3, 0.4) is 0 Å². The minimum atomic E-state index is 0.582. The molecule has 5 nitrogen and oxygen atoms in total. The molecule has 0 saturated carbocycles.